The van der Waals surface area contributed by atoms with E-state index in [-0.39, 0.29) is 38.0 Å². The Bertz CT molecular complexity index is 1100. The van der Waals surface area contributed by atoms with Crippen LogP contribution in [0.3, 0.4) is 0 Å². The van der Waals surface area contributed by atoms with Crippen LogP contribution in [0.4, 0.5) is 11.4 Å². The first-order chi connectivity index (χ1) is 15.8. The van der Waals surface area contributed by atoms with Gasteiger partial charge in [0.2, 0.25) is 22.7 Å². The minimum absolute atomic E-state index is 0.0657. The van der Waals surface area contributed by atoms with E-state index in [2.05, 4.69) is 10.6 Å². The highest BCUT2D eigenvalue weighted by molar-refractivity contribution is 7.92. The Hall–Kier alpha value is -3.31. The molecular formula is C22H27N3O7S. The minimum Gasteiger partial charge on any atom is -0.454 e. The highest BCUT2D eigenvalue weighted by Crippen LogP contribution is 2.36. The number of ether oxygens (including phenoxy) is 3. The van der Waals surface area contributed by atoms with E-state index >= 15 is 0 Å². The van der Waals surface area contributed by atoms with Crippen molar-refractivity contribution in [2.24, 2.45) is 0 Å². The molecule has 0 atom stereocenters. The average molecular weight is 478 g/mol. The summed E-state index contributed by atoms with van der Waals surface area (Å²) in [6.07, 6.45) is 1.45. The molecule has 178 valence electrons. The smallest absolute Gasteiger partial charge is 0.253 e. The zero-order valence-corrected chi connectivity index (χ0v) is 19.3. The number of para-hydroxylation sites is 1. The molecule has 10 nitrogen and oxygen atoms in total. The van der Waals surface area contributed by atoms with E-state index in [0.717, 1.165) is 6.26 Å². The van der Waals surface area contributed by atoms with Crippen molar-refractivity contribution in [3.63, 3.8) is 0 Å². The molecule has 0 saturated heterocycles. The molecule has 2 aromatic rings. The molecule has 0 aromatic heterocycles. The summed E-state index contributed by atoms with van der Waals surface area (Å²) >= 11 is 0. The maximum absolute atomic E-state index is 12.5. The molecule has 1 aliphatic heterocycles. The summed E-state index contributed by atoms with van der Waals surface area (Å²) in [4.78, 5) is 24.9. The molecule has 33 heavy (non-hydrogen) atoms. The topological polar surface area (TPSA) is 123 Å². The van der Waals surface area contributed by atoms with Gasteiger partial charge in [0, 0.05) is 32.7 Å². The van der Waals surface area contributed by atoms with Crippen molar-refractivity contribution in [3.8, 4) is 11.5 Å². The number of anilines is 2. The number of hydrogen-bond donors (Lipinski definition) is 2. The molecule has 1 heterocycles. The molecule has 0 unspecified atom stereocenters. The highest BCUT2D eigenvalue weighted by atomic mass is 32.2. The molecule has 2 amide bonds. The average Bonchev–Trinajstić information content (AvgIpc) is 3.24. The number of carbonyl (C=O) groups excluding carboxylic acids is 2. The lowest BCUT2D eigenvalue weighted by Gasteiger charge is -2.22. The van der Waals surface area contributed by atoms with Crippen molar-refractivity contribution in [1.82, 2.24) is 5.32 Å². The Morgan fingerprint density at radius 3 is 2.64 bits per heavy atom. The third-order valence-corrected chi connectivity index (χ3v) is 6.04. The van der Waals surface area contributed by atoms with Crippen LogP contribution < -0.4 is 24.4 Å². The summed E-state index contributed by atoms with van der Waals surface area (Å²) in [5.41, 5.74) is 1.15. The van der Waals surface area contributed by atoms with Gasteiger partial charge in [-0.15, -0.1) is 0 Å². The first kappa shape index (κ1) is 24.3. The Kier molecular flexibility index (Phi) is 8.12. The lowest BCUT2D eigenvalue weighted by Crippen LogP contribution is -2.31. The Labute approximate surface area is 192 Å². The number of carbonyl (C=O) groups is 2. The Balaban J connectivity index is 1.60. The summed E-state index contributed by atoms with van der Waals surface area (Å²) < 4.78 is 41.4. The molecular weight excluding hydrogens is 450 g/mol. The fraction of sp³-hybridized carbons (Fsp3) is 0.364. The van der Waals surface area contributed by atoms with E-state index in [1.807, 2.05) is 0 Å². The molecule has 2 aromatic carbocycles. The standard InChI is InChI=1S/C22H27N3O7S/c1-30-13-11-23-22(27)17-6-3-4-7-18(17)24-21(26)8-5-12-25(33(2,28)29)16-9-10-19-20(14-16)32-15-31-19/h3-4,6-7,9-10,14H,5,8,11-13,15H2,1-2H3,(H,23,27)(H,24,26). The van der Waals surface area contributed by atoms with Crippen molar-refractivity contribution >= 4 is 33.2 Å². The fourth-order valence-electron chi connectivity index (χ4n) is 3.27. The van der Waals surface area contributed by atoms with Gasteiger partial charge < -0.3 is 24.8 Å². The van der Waals surface area contributed by atoms with Crippen LogP contribution in [0, 0.1) is 0 Å². The molecule has 0 radical (unpaired) electrons. The van der Waals surface area contributed by atoms with Crippen molar-refractivity contribution in [3.05, 3.63) is 48.0 Å². The zero-order valence-electron chi connectivity index (χ0n) is 18.5. The molecule has 0 saturated carbocycles. The first-order valence-corrected chi connectivity index (χ1v) is 12.2. The number of benzene rings is 2. The quantitative estimate of drug-likeness (QED) is 0.474. The minimum atomic E-state index is -3.58. The van der Waals surface area contributed by atoms with Gasteiger partial charge in [0.25, 0.3) is 5.91 Å². The molecule has 11 heteroatoms. The molecule has 0 fully saturated rings. The Morgan fingerprint density at radius 2 is 1.88 bits per heavy atom. The van der Waals surface area contributed by atoms with Gasteiger partial charge in [-0.25, -0.2) is 8.42 Å². The van der Waals surface area contributed by atoms with E-state index in [1.165, 1.54) is 11.4 Å². The Morgan fingerprint density at radius 1 is 1.12 bits per heavy atom. The van der Waals surface area contributed by atoms with Crippen molar-refractivity contribution in [2.75, 3.05) is 49.5 Å². The van der Waals surface area contributed by atoms with Crippen LogP contribution in [0.25, 0.3) is 0 Å². The van der Waals surface area contributed by atoms with Crippen LogP contribution in [0.2, 0.25) is 0 Å². The summed E-state index contributed by atoms with van der Waals surface area (Å²) in [6.45, 7) is 0.911. The van der Waals surface area contributed by atoms with Crippen LogP contribution >= 0.6 is 0 Å². The molecule has 0 bridgehead atoms. The lowest BCUT2D eigenvalue weighted by atomic mass is 10.1. The number of nitrogens with one attached hydrogen (secondary N) is 2. The maximum atomic E-state index is 12.5. The largest absolute Gasteiger partial charge is 0.454 e. The van der Waals surface area contributed by atoms with Gasteiger partial charge >= 0.3 is 0 Å². The molecule has 3 rings (SSSR count). The first-order valence-electron chi connectivity index (χ1n) is 10.3. The third kappa shape index (κ3) is 6.59. The van der Waals surface area contributed by atoms with E-state index in [0.29, 0.717) is 41.6 Å². The second kappa shape index (κ2) is 11.0. The van der Waals surface area contributed by atoms with Gasteiger partial charge in [0.1, 0.15) is 0 Å². The zero-order chi connectivity index (χ0) is 23.8. The van der Waals surface area contributed by atoms with E-state index in [9.17, 15) is 18.0 Å². The van der Waals surface area contributed by atoms with Crippen molar-refractivity contribution < 1.29 is 32.2 Å². The van der Waals surface area contributed by atoms with Gasteiger partial charge in [-0.3, -0.25) is 13.9 Å². The third-order valence-electron chi connectivity index (χ3n) is 4.85. The predicted molar refractivity (Wildman–Crippen MR) is 123 cm³/mol. The fourth-order valence-corrected chi connectivity index (χ4v) is 4.23. The number of sulfonamides is 1. The van der Waals surface area contributed by atoms with Gasteiger partial charge in [0.05, 0.1) is 29.8 Å². The second-order valence-corrected chi connectivity index (χ2v) is 9.23. The van der Waals surface area contributed by atoms with Crippen LogP contribution in [0.1, 0.15) is 23.2 Å². The number of rotatable bonds is 11. The molecule has 0 aliphatic carbocycles. The van der Waals surface area contributed by atoms with Crippen molar-refractivity contribution in [2.45, 2.75) is 12.8 Å². The number of amides is 2. The summed E-state index contributed by atoms with van der Waals surface area (Å²) in [7, 11) is -2.04. The number of fused-ring (bicyclic) bond motifs is 1. The number of nitrogens with zero attached hydrogens (tertiary/aromatic N) is 1. The molecule has 0 spiro atoms. The van der Waals surface area contributed by atoms with Crippen LogP contribution in [0.15, 0.2) is 42.5 Å². The van der Waals surface area contributed by atoms with Crippen LogP contribution in [-0.4, -0.2) is 60.1 Å². The van der Waals surface area contributed by atoms with Gasteiger partial charge in [-0.05, 0) is 30.7 Å². The monoisotopic (exact) mass is 477 g/mol. The van der Waals surface area contributed by atoms with Crippen LogP contribution in [0.5, 0.6) is 11.5 Å². The SMILES string of the molecule is COCCNC(=O)c1ccccc1NC(=O)CCCN(c1ccc2c(c1)OCO2)S(C)(=O)=O. The summed E-state index contributed by atoms with van der Waals surface area (Å²) in [6, 6.07) is 11.6. The number of methoxy groups -OCH3 is 1. The normalized spacial score (nSPS) is 12.3. The summed E-state index contributed by atoms with van der Waals surface area (Å²) in [5.74, 6) is 0.371. The van der Waals surface area contributed by atoms with Crippen LogP contribution in [-0.2, 0) is 19.6 Å². The molecule has 2 N–H and O–H groups in total. The number of hydrogen-bond acceptors (Lipinski definition) is 7. The van der Waals surface area contributed by atoms with E-state index in [4.69, 9.17) is 14.2 Å². The lowest BCUT2D eigenvalue weighted by molar-refractivity contribution is -0.116. The second-order valence-electron chi connectivity index (χ2n) is 7.32. The van der Waals surface area contributed by atoms with Crippen molar-refractivity contribution in [1.29, 1.82) is 0 Å². The van der Waals surface area contributed by atoms with Gasteiger partial charge in [-0.2, -0.15) is 0 Å². The van der Waals surface area contributed by atoms with Gasteiger partial charge in [-0.1, -0.05) is 12.1 Å². The molecule has 1 aliphatic rings. The van der Waals surface area contributed by atoms with E-state index < -0.39 is 10.0 Å². The van der Waals surface area contributed by atoms with Gasteiger partial charge in [0.15, 0.2) is 11.5 Å². The summed E-state index contributed by atoms with van der Waals surface area (Å²) in [5, 5.41) is 5.45. The predicted octanol–water partition coefficient (Wildman–Crippen LogP) is 1.98. The maximum Gasteiger partial charge on any atom is 0.253 e. The highest BCUT2D eigenvalue weighted by Gasteiger charge is 2.22. The van der Waals surface area contributed by atoms with E-state index in [1.54, 1.807) is 42.5 Å².